The Balaban J connectivity index is 1.88. The summed E-state index contributed by atoms with van der Waals surface area (Å²) in [6.07, 6.45) is 6.44. The molecule has 104 valence electrons. The van der Waals surface area contributed by atoms with Crippen molar-refractivity contribution >= 4 is 5.91 Å². The van der Waals surface area contributed by atoms with Gasteiger partial charge >= 0.3 is 0 Å². The third kappa shape index (κ3) is 4.09. The molecule has 0 aliphatic carbocycles. The molecule has 0 saturated carbocycles. The predicted octanol–water partition coefficient (Wildman–Crippen LogP) is 3.64. The Morgan fingerprint density at radius 2 is 1.79 bits per heavy atom. The maximum absolute atomic E-state index is 12.2. The van der Waals surface area contributed by atoms with Gasteiger partial charge in [-0.25, -0.2) is 0 Å². The number of nitrogens with zero attached hydrogens (tertiary/aromatic N) is 1. The average molecular weight is 259 g/mol. The zero-order valence-electron chi connectivity index (χ0n) is 12.2. The molecule has 1 fully saturated rings. The van der Waals surface area contributed by atoms with Gasteiger partial charge in [-0.2, -0.15) is 0 Å². The SMILES string of the molecule is Cc1ccc(CCC(=O)N2CCCCCC2)c(C)c1. The van der Waals surface area contributed by atoms with Crippen molar-refractivity contribution in [3.63, 3.8) is 0 Å². The number of carbonyl (C=O) groups is 1. The Hall–Kier alpha value is -1.31. The Morgan fingerprint density at radius 1 is 1.11 bits per heavy atom. The number of aryl methyl sites for hydroxylation is 3. The van der Waals surface area contributed by atoms with Gasteiger partial charge in [0, 0.05) is 19.5 Å². The molecule has 0 bridgehead atoms. The molecule has 0 unspecified atom stereocenters. The Kier molecular flexibility index (Phi) is 5.00. The molecule has 0 radical (unpaired) electrons. The van der Waals surface area contributed by atoms with Crippen molar-refractivity contribution in [3.05, 3.63) is 34.9 Å². The molecule has 1 aromatic rings. The summed E-state index contributed by atoms with van der Waals surface area (Å²) in [7, 11) is 0. The van der Waals surface area contributed by atoms with Crippen LogP contribution in [0.2, 0.25) is 0 Å². The third-order valence-corrected chi connectivity index (χ3v) is 4.07. The molecule has 0 aromatic heterocycles. The minimum atomic E-state index is 0.335. The summed E-state index contributed by atoms with van der Waals surface area (Å²) in [6, 6.07) is 6.50. The minimum Gasteiger partial charge on any atom is -0.343 e. The van der Waals surface area contributed by atoms with E-state index in [1.807, 2.05) is 0 Å². The van der Waals surface area contributed by atoms with Gasteiger partial charge in [-0.05, 0) is 44.2 Å². The van der Waals surface area contributed by atoms with Crippen LogP contribution in [0.3, 0.4) is 0 Å². The van der Waals surface area contributed by atoms with Gasteiger partial charge < -0.3 is 4.90 Å². The first-order chi connectivity index (χ1) is 9.16. The van der Waals surface area contributed by atoms with Crippen LogP contribution in [0.15, 0.2) is 18.2 Å². The summed E-state index contributed by atoms with van der Waals surface area (Å²) in [4.78, 5) is 14.3. The van der Waals surface area contributed by atoms with E-state index in [-0.39, 0.29) is 0 Å². The van der Waals surface area contributed by atoms with Gasteiger partial charge in [0.1, 0.15) is 0 Å². The highest BCUT2D eigenvalue weighted by atomic mass is 16.2. The highest BCUT2D eigenvalue weighted by Crippen LogP contribution is 2.15. The normalized spacial score (nSPS) is 16.2. The van der Waals surface area contributed by atoms with Crippen LogP contribution in [0.5, 0.6) is 0 Å². The lowest BCUT2D eigenvalue weighted by Crippen LogP contribution is -2.31. The molecule has 0 spiro atoms. The van der Waals surface area contributed by atoms with E-state index in [9.17, 15) is 4.79 Å². The minimum absolute atomic E-state index is 0.335. The number of benzene rings is 1. The second-order valence-electron chi connectivity index (χ2n) is 5.72. The van der Waals surface area contributed by atoms with E-state index in [4.69, 9.17) is 0 Å². The van der Waals surface area contributed by atoms with Crippen molar-refractivity contribution in [1.82, 2.24) is 4.90 Å². The molecule has 2 nitrogen and oxygen atoms in total. The van der Waals surface area contributed by atoms with E-state index in [2.05, 4.69) is 36.9 Å². The Labute approximate surface area is 116 Å². The fourth-order valence-corrected chi connectivity index (χ4v) is 2.85. The molecule has 1 aliphatic rings. The lowest BCUT2D eigenvalue weighted by atomic mass is 10.0. The fourth-order valence-electron chi connectivity index (χ4n) is 2.85. The maximum Gasteiger partial charge on any atom is 0.222 e. The van der Waals surface area contributed by atoms with Gasteiger partial charge in [-0.1, -0.05) is 36.6 Å². The van der Waals surface area contributed by atoms with Crippen molar-refractivity contribution in [1.29, 1.82) is 0 Å². The van der Waals surface area contributed by atoms with Gasteiger partial charge in [0.2, 0.25) is 5.91 Å². The van der Waals surface area contributed by atoms with Crippen LogP contribution in [-0.2, 0) is 11.2 Å². The average Bonchev–Trinajstić information content (AvgIpc) is 2.66. The second-order valence-corrected chi connectivity index (χ2v) is 5.72. The number of carbonyl (C=O) groups excluding carboxylic acids is 1. The molecule has 0 N–H and O–H groups in total. The van der Waals surface area contributed by atoms with E-state index in [0.29, 0.717) is 12.3 Å². The van der Waals surface area contributed by atoms with E-state index in [0.717, 1.165) is 19.5 Å². The molecular weight excluding hydrogens is 234 g/mol. The smallest absolute Gasteiger partial charge is 0.222 e. The lowest BCUT2D eigenvalue weighted by Gasteiger charge is -2.20. The van der Waals surface area contributed by atoms with E-state index < -0.39 is 0 Å². The molecular formula is C17H25NO. The Bertz CT molecular complexity index is 431. The van der Waals surface area contributed by atoms with Crippen LogP contribution in [0.4, 0.5) is 0 Å². The number of hydrogen-bond acceptors (Lipinski definition) is 1. The topological polar surface area (TPSA) is 20.3 Å². The first-order valence-electron chi connectivity index (χ1n) is 7.51. The first kappa shape index (κ1) is 14.1. The first-order valence-corrected chi connectivity index (χ1v) is 7.51. The summed E-state index contributed by atoms with van der Waals surface area (Å²) < 4.78 is 0. The van der Waals surface area contributed by atoms with Crippen molar-refractivity contribution in [3.8, 4) is 0 Å². The summed E-state index contributed by atoms with van der Waals surface area (Å²) in [5.74, 6) is 0.335. The molecule has 2 heteroatoms. The standard InChI is InChI=1S/C17H25NO/c1-14-7-8-16(15(2)13-14)9-10-17(19)18-11-5-3-4-6-12-18/h7-8,13H,3-6,9-12H2,1-2H3. The molecule has 2 rings (SSSR count). The van der Waals surface area contributed by atoms with Crippen LogP contribution in [0, 0.1) is 13.8 Å². The van der Waals surface area contributed by atoms with Gasteiger partial charge in [0.25, 0.3) is 0 Å². The lowest BCUT2D eigenvalue weighted by molar-refractivity contribution is -0.131. The predicted molar refractivity (Wildman–Crippen MR) is 79.3 cm³/mol. The highest BCUT2D eigenvalue weighted by Gasteiger charge is 2.15. The number of amides is 1. The van der Waals surface area contributed by atoms with Crippen LogP contribution in [0.1, 0.15) is 48.8 Å². The van der Waals surface area contributed by atoms with Crippen molar-refractivity contribution in [2.45, 2.75) is 52.4 Å². The van der Waals surface area contributed by atoms with Crippen LogP contribution < -0.4 is 0 Å². The Morgan fingerprint density at radius 3 is 2.42 bits per heavy atom. The number of hydrogen-bond donors (Lipinski definition) is 0. The third-order valence-electron chi connectivity index (χ3n) is 4.07. The van der Waals surface area contributed by atoms with Crippen molar-refractivity contribution < 1.29 is 4.79 Å². The van der Waals surface area contributed by atoms with Gasteiger partial charge in [-0.3, -0.25) is 4.79 Å². The summed E-state index contributed by atoms with van der Waals surface area (Å²) in [5, 5.41) is 0. The molecule has 1 heterocycles. The zero-order chi connectivity index (χ0) is 13.7. The van der Waals surface area contributed by atoms with E-state index in [1.54, 1.807) is 0 Å². The maximum atomic E-state index is 12.2. The molecule has 1 amide bonds. The zero-order valence-corrected chi connectivity index (χ0v) is 12.2. The molecule has 0 atom stereocenters. The number of likely N-dealkylation sites (tertiary alicyclic amines) is 1. The quantitative estimate of drug-likeness (QED) is 0.811. The van der Waals surface area contributed by atoms with E-state index >= 15 is 0 Å². The summed E-state index contributed by atoms with van der Waals surface area (Å²) in [5.41, 5.74) is 3.91. The van der Waals surface area contributed by atoms with Gasteiger partial charge in [0.05, 0.1) is 0 Å². The molecule has 1 aromatic carbocycles. The number of rotatable bonds is 3. The van der Waals surface area contributed by atoms with Crippen molar-refractivity contribution in [2.24, 2.45) is 0 Å². The summed E-state index contributed by atoms with van der Waals surface area (Å²) >= 11 is 0. The molecule has 19 heavy (non-hydrogen) atoms. The summed E-state index contributed by atoms with van der Waals surface area (Å²) in [6.45, 7) is 6.18. The fraction of sp³-hybridized carbons (Fsp3) is 0.588. The van der Waals surface area contributed by atoms with Crippen LogP contribution >= 0.6 is 0 Å². The molecule has 1 aliphatic heterocycles. The van der Waals surface area contributed by atoms with Gasteiger partial charge in [0.15, 0.2) is 0 Å². The van der Waals surface area contributed by atoms with Gasteiger partial charge in [-0.15, -0.1) is 0 Å². The van der Waals surface area contributed by atoms with E-state index in [1.165, 1.54) is 42.4 Å². The van der Waals surface area contributed by atoms with Crippen LogP contribution in [-0.4, -0.2) is 23.9 Å². The highest BCUT2D eigenvalue weighted by molar-refractivity contribution is 5.76. The van der Waals surface area contributed by atoms with Crippen molar-refractivity contribution in [2.75, 3.05) is 13.1 Å². The van der Waals surface area contributed by atoms with Crippen LogP contribution in [0.25, 0.3) is 0 Å². The monoisotopic (exact) mass is 259 g/mol. The largest absolute Gasteiger partial charge is 0.343 e. The molecule has 1 saturated heterocycles. The second kappa shape index (κ2) is 6.74.